The molecule has 144 valence electrons. The molecule has 0 bridgehead atoms. The average molecular weight is 388 g/mol. The van der Waals surface area contributed by atoms with E-state index in [2.05, 4.69) is 44.6 Å². The van der Waals surface area contributed by atoms with Crippen LogP contribution in [-0.2, 0) is 0 Å². The molecule has 1 saturated heterocycles. The van der Waals surface area contributed by atoms with Crippen molar-refractivity contribution in [2.24, 2.45) is 0 Å². The van der Waals surface area contributed by atoms with Gasteiger partial charge in [-0.05, 0) is 37.6 Å². The van der Waals surface area contributed by atoms with Gasteiger partial charge in [-0.3, -0.25) is 0 Å². The lowest BCUT2D eigenvalue weighted by Gasteiger charge is -2.30. The quantitative estimate of drug-likeness (QED) is 0.506. The van der Waals surface area contributed by atoms with Crippen LogP contribution in [-0.4, -0.2) is 35.8 Å². The first kappa shape index (κ1) is 19.4. The number of pyridine rings is 1. The van der Waals surface area contributed by atoms with Crippen LogP contribution in [0.2, 0.25) is 0 Å². The Morgan fingerprint density at radius 2 is 2.15 bits per heavy atom. The smallest absolute Gasteiger partial charge is 0.188 e. The van der Waals surface area contributed by atoms with Crippen molar-refractivity contribution < 1.29 is 4.39 Å². The van der Waals surface area contributed by atoms with Gasteiger partial charge in [0.2, 0.25) is 0 Å². The summed E-state index contributed by atoms with van der Waals surface area (Å²) in [4.78, 5) is 12.0. The number of hydrogen-bond donors (Lipinski definition) is 2. The van der Waals surface area contributed by atoms with Crippen LogP contribution in [0.5, 0.6) is 0 Å². The number of rotatable bonds is 8. The molecule has 0 radical (unpaired) electrons. The van der Waals surface area contributed by atoms with Gasteiger partial charge in [-0.1, -0.05) is 30.4 Å². The van der Waals surface area contributed by atoms with Gasteiger partial charge in [0.1, 0.15) is 12.0 Å². The normalized spacial score (nSPS) is 15.7. The molecule has 0 unspecified atom stereocenters. The Morgan fingerprint density at radius 3 is 2.96 bits per heavy atom. The Bertz CT molecular complexity index is 765. The zero-order valence-electron chi connectivity index (χ0n) is 15.6. The number of thiazole rings is 1. The molecule has 0 atom stereocenters. The molecular weight excluding hydrogens is 361 g/mol. The van der Waals surface area contributed by atoms with Gasteiger partial charge in [-0.15, -0.1) is 0 Å². The molecule has 1 fully saturated rings. The minimum Gasteiger partial charge on any atom is -0.387 e. The molecule has 0 aliphatic carbocycles. The number of allylic oxidation sites excluding steroid dienone is 1. The Kier molecular flexibility index (Phi) is 7.21. The number of aromatic nitrogens is 2. The summed E-state index contributed by atoms with van der Waals surface area (Å²) in [7, 11) is 0. The molecule has 2 aromatic heterocycles. The maximum atomic E-state index is 13.3. The van der Waals surface area contributed by atoms with E-state index in [0.29, 0.717) is 12.8 Å². The van der Waals surface area contributed by atoms with Crippen molar-refractivity contribution in [1.29, 1.82) is 0 Å². The Balaban J connectivity index is 1.55. The average Bonchev–Trinajstić information content (AvgIpc) is 3.12. The maximum absolute atomic E-state index is 13.3. The molecule has 2 N–H and O–H groups in total. The number of halogens is 1. The molecule has 27 heavy (non-hydrogen) atoms. The van der Waals surface area contributed by atoms with E-state index in [1.54, 1.807) is 17.5 Å². The van der Waals surface area contributed by atoms with Gasteiger partial charge in [-0.2, -0.15) is 0 Å². The molecule has 3 rings (SSSR count). The molecule has 0 amide bonds. The minimum atomic E-state index is -0.667. The summed E-state index contributed by atoms with van der Waals surface area (Å²) in [6.45, 7) is 4.44. The number of nitrogens with one attached hydrogen (secondary N) is 2. The van der Waals surface area contributed by atoms with E-state index < -0.39 is 6.17 Å². The molecule has 1 aliphatic heterocycles. The molecule has 7 heteroatoms. The summed E-state index contributed by atoms with van der Waals surface area (Å²) < 4.78 is 13.3. The number of piperidine rings is 1. The largest absolute Gasteiger partial charge is 0.387 e. The topological polar surface area (TPSA) is 53.1 Å². The SMILES string of the molecule is CC/C=C\CN/C=C/c1cnc(Nc2cc(N3CCC(F)CC3)ccn2)s1. The van der Waals surface area contributed by atoms with E-state index in [1.807, 2.05) is 30.6 Å². The summed E-state index contributed by atoms with van der Waals surface area (Å²) >= 11 is 1.57. The van der Waals surface area contributed by atoms with Gasteiger partial charge in [0.05, 0.1) is 4.88 Å². The van der Waals surface area contributed by atoms with Gasteiger partial charge < -0.3 is 15.5 Å². The number of nitrogens with zero attached hydrogens (tertiary/aromatic N) is 3. The molecule has 0 aromatic carbocycles. The lowest BCUT2D eigenvalue weighted by atomic mass is 10.1. The first-order valence-corrected chi connectivity index (χ1v) is 10.2. The second-order valence-electron chi connectivity index (χ2n) is 6.37. The molecule has 2 aromatic rings. The fraction of sp³-hybridized carbons (Fsp3) is 0.400. The van der Waals surface area contributed by atoms with E-state index in [1.165, 1.54) is 0 Å². The van der Waals surface area contributed by atoms with Crippen LogP contribution in [0.3, 0.4) is 0 Å². The lowest BCUT2D eigenvalue weighted by Crippen LogP contribution is -2.34. The van der Waals surface area contributed by atoms with E-state index in [0.717, 1.165) is 47.6 Å². The van der Waals surface area contributed by atoms with E-state index in [-0.39, 0.29) is 0 Å². The monoisotopic (exact) mass is 387 g/mol. The number of anilines is 3. The Hall–Kier alpha value is -2.41. The van der Waals surface area contributed by atoms with Crippen LogP contribution in [0.25, 0.3) is 6.08 Å². The van der Waals surface area contributed by atoms with Crippen molar-refractivity contribution in [3.8, 4) is 0 Å². The van der Waals surface area contributed by atoms with Gasteiger partial charge in [0.15, 0.2) is 5.13 Å². The predicted octanol–water partition coefficient (Wildman–Crippen LogP) is 4.75. The zero-order valence-corrected chi connectivity index (χ0v) is 16.4. The van der Waals surface area contributed by atoms with E-state index >= 15 is 0 Å². The van der Waals surface area contributed by atoms with Gasteiger partial charge in [-0.25, -0.2) is 14.4 Å². The fourth-order valence-corrected chi connectivity index (χ4v) is 3.57. The van der Waals surface area contributed by atoms with Crippen LogP contribution in [0, 0.1) is 0 Å². The Morgan fingerprint density at radius 1 is 1.30 bits per heavy atom. The van der Waals surface area contributed by atoms with Crippen LogP contribution in [0.1, 0.15) is 31.1 Å². The maximum Gasteiger partial charge on any atom is 0.188 e. The van der Waals surface area contributed by atoms with E-state index in [9.17, 15) is 4.39 Å². The highest BCUT2D eigenvalue weighted by Gasteiger charge is 2.18. The van der Waals surface area contributed by atoms with Crippen LogP contribution >= 0.6 is 11.3 Å². The molecule has 0 saturated carbocycles. The van der Waals surface area contributed by atoms with Crippen LogP contribution in [0.15, 0.2) is 42.9 Å². The van der Waals surface area contributed by atoms with Crippen molar-refractivity contribution in [3.63, 3.8) is 0 Å². The summed E-state index contributed by atoms with van der Waals surface area (Å²) in [5.74, 6) is 0.752. The van der Waals surface area contributed by atoms with Crippen molar-refractivity contribution in [1.82, 2.24) is 15.3 Å². The second kappa shape index (κ2) is 10.1. The third-order valence-electron chi connectivity index (χ3n) is 4.30. The van der Waals surface area contributed by atoms with Crippen LogP contribution < -0.4 is 15.5 Å². The molecule has 0 spiro atoms. The predicted molar refractivity (Wildman–Crippen MR) is 112 cm³/mol. The highest BCUT2D eigenvalue weighted by molar-refractivity contribution is 7.16. The molecular formula is C20H26FN5S. The summed E-state index contributed by atoms with van der Waals surface area (Å²) in [5.41, 5.74) is 1.07. The summed E-state index contributed by atoms with van der Waals surface area (Å²) in [6, 6.07) is 3.97. The standard InChI is InChI=1S/C20H26FN5S/c1-2-3-4-9-22-10-6-18-15-24-20(27-18)25-19-14-17(5-11-23-19)26-12-7-16(21)8-13-26/h3-6,10-11,14-16,22H,2,7-9,12-13H2,1H3,(H,23,24,25)/b4-3-,10-6+. The zero-order chi connectivity index (χ0) is 18.9. The fourth-order valence-electron chi connectivity index (χ4n) is 2.85. The third-order valence-corrected chi connectivity index (χ3v) is 5.17. The van der Waals surface area contributed by atoms with Gasteiger partial charge in [0.25, 0.3) is 0 Å². The summed E-state index contributed by atoms with van der Waals surface area (Å²) in [6.07, 6.45) is 13.4. The first-order chi connectivity index (χ1) is 13.2. The molecule has 5 nitrogen and oxygen atoms in total. The highest BCUT2D eigenvalue weighted by atomic mass is 32.1. The lowest BCUT2D eigenvalue weighted by molar-refractivity contribution is 0.277. The van der Waals surface area contributed by atoms with Crippen molar-refractivity contribution in [2.75, 3.05) is 29.9 Å². The van der Waals surface area contributed by atoms with Crippen molar-refractivity contribution >= 4 is 34.0 Å². The van der Waals surface area contributed by atoms with Crippen molar-refractivity contribution in [2.45, 2.75) is 32.4 Å². The van der Waals surface area contributed by atoms with Gasteiger partial charge in [0, 0.05) is 43.8 Å². The third kappa shape index (κ3) is 6.06. The minimum absolute atomic E-state index is 0.593. The molecule has 3 heterocycles. The number of alkyl halides is 1. The summed E-state index contributed by atoms with van der Waals surface area (Å²) in [5, 5.41) is 7.28. The molecule has 1 aliphatic rings. The van der Waals surface area contributed by atoms with Crippen LogP contribution in [0.4, 0.5) is 21.0 Å². The van der Waals surface area contributed by atoms with E-state index in [4.69, 9.17) is 0 Å². The second-order valence-corrected chi connectivity index (χ2v) is 7.44. The van der Waals surface area contributed by atoms with Gasteiger partial charge >= 0.3 is 0 Å². The number of hydrogen-bond acceptors (Lipinski definition) is 6. The Labute approximate surface area is 164 Å². The highest BCUT2D eigenvalue weighted by Crippen LogP contribution is 2.26. The van der Waals surface area contributed by atoms with Crippen molar-refractivity contribution in [3.05, 3.63) is 47.8 Å². The first-order valence-electron chi connectivity index (χ1n) is 9.37.